The molecule has 0 saturated carbocycles. The Morgan fingerprint density at radius 2 is 1.96 bits per heavy atom. The third-order valence-electron chi connectivity index (χ3n) is 4.57. The topological polar surface area (TPSA) is 68.3 Å². The predicted molar refractivity (Wildman–Crippen MR) is 106 cm³/mol. The molecule has 1 unspecified atom stereocenters. The molecule has 2 aromatic carbocycles. The fourth-order valence-electron chi connectivity index (χ4n) is 3.21. The van der Waals surface area contributed by atoms with Crippen molar-refractivity contribution in [3.63, 3.8) is 0 Å². The molecule has 0 spiro atoms. The van der Waals surface area contributed by atoms with Gasteiger partial charge in [-0.15, -0.1) is 0 Å². The Morgan fingerprint density at radius 1 is 1.11 bits per heavy atom. The van der Waals surface area contributed by atoms with Crippen LogP contribution in [0.4, 0.5) is 4.79 Å². The molecule has 1 aromatic heterocycles. The van der Waals surface area contributed by atoms with Gasteiger partial charge in [0.15, 0.2) is 0 Å². The van der Waals surface area contributed by atoms with Crippen molar-refractivity contribution in [2.45, 2.75) is 25.0 Å². The van der Waals surface area contributed by atoms with Crippen molar-refractivity contribution in [1.82, 2.24) is 10.3 Å². The van der Waals surface area contributed by atoms with Gasteiger partial charge in [0.05, 0.1) is 10.8 Å². The van der Waals surface area contributed by atoms with Crippen LogP contribution in [0.1, 0.15) is 18.1 Å². The summed E-state index contributed by atoms with van der Waals surface area (Å²) in [6.07, 6.45) is 3.08. The number of hydrogen-bond donors (Lipinski definition) is 1. The van der Waals surface area contributed by atoms with Gasteiger partial charge in [-0.05, 0) is 54.3 Å². The Labute approximate surface area is 161 Å². The van der Waals surface area contributed by atoms with Gasteiger partial charge in [-0.1, -0.05) is 36.9 Å². The second-order valence-electron chi connectivity index (χ2n) is 6.30. The van der Waals surface area contributed by atoms with E-state index < -0.39 is 0 Å². The standard InChI is InChI=1S/C21H18N2O3S/c1-2-13-11-15(8-7-14(13)12-19-20(24)23-21(25)27-19)26-18-9-10-22-17-6-4-3-5-16(17)18/h3-11,19H,2,12H2,1H3,(H,23,24,25). The first-order valence-electron chi connectivity index (χ1n) is 8.79. The van der Waals surface area contributed by atoms with E-state index in [9.17, 15) is 9.59 Å². The van der Waals surface area contributed by atoms with Crippen molar-refractivity contribution in [3.8, 4) is 11.5 Å². The summed E-state index contributed by atoms with van der Waals surface area (Å²) in [4.78, 5) is 27.6. The van der Waals surface area contributed by atoms with Gasteiger partial charge in [0.25, 0.3) is 5.24 Å². The van der Waals surface area contributed by atoms with E-state index in [2.05, 4.69) is 17.2 Å². The number of aryl methyl sites for hydroxylation is 1. The Hall–Kier alpha value is -2.86. The molecule has 0 bridgehead atoms. The average molecular weight is 378 g/mol. The van der Waals surface area contributed by atoms with Crippen molar-refractivity contribution in [1.29, 1.82) is 0 Å². The number of carbonyl (C=O) groups is 2. The highest BCUT2D eigenvalue weighted by Crippen LogP contribution is 2.31. The van der Waals surface area contributed by atoms with Crippen LogP contribution < -0.4 is 10.1 Å². The number of hydrogen-bond acceptors (Lipinski definition) is 5. The first-order valence-corrected chi connectivity index (χ1v) is 9.67. The number of benzene rings is 2. The lowest BCUT2D eigenvalue weighted by Gasteiger charge is -2.14. The van der Waals surface area contributed by atoms with Gasteiger partial charge in [0.2, 0.25) is 5.91 Å². The minimum atomic E-state index is -0.362. The van der Waals surface area contributed by atoms with Crippen molar-refractivity contribution in [3.05, 3.63) is 65.9 Å². The minimum absolute atomic E-state index is 0.212. The van der Waals surface area contributed by atoms with Crippen molar-refractivity contribution < 1.29 is 14.3 Å². The maximum Gasteiger partial charge on any atom is 0.286 e. The second kappa shape index (κ2) is 7.40. The Morgan fingerprint density at radius 3 is 2.74 bits per heavy atom. The lowest BCUT2D eigenvalue weighted by molar-refractivity contribution is -0.118. The maximum atomic E-state index is 11.8. The van der Waals surface area contributed by atoms with Crippen molar-refractivity contribution in [2.24, 2.45) is 0 Å². The molecule has 1 aliphatic rings. The average Bonchev–Trinajstić information content (AvgIpc) is 3.00. The highest BCUT2D eigenvalue weighted by atomic mass is 32.2. The fraction of sp³-hybridized carbons (Fsp3) is 0.190. The largest absolute Gasteiger partial charge is 0.457 e. The molecule has 136 valence electrons. The molecule has 0 radical (unpaired) electrons. The number of amides is 2. The summed E-state index contributed by atoms with van der Waals surface area (Å²) in [5.74, 6) is 1.29. The highest BCUT2D eigenvalue weighted by Gasteiger charge is 2.31. The Bertz CT molecular complexity index is 1030. The molecule has 1 fully saturated rings. The summed E-state index contributed by atoms with van der Waals surface area (Å²) in [5.41, 5.74) is 3.06. The van der Waals surface area contributed by atoms with Crippen LogP contribution in [0.15, 0.2) is 54.7 Å². The number of nitrogens with zero attached hydrogens (tertiary/aromatic N) is 1. The van der Waals surface area contributed by atoms with Gasteiger partial charge in [0.1, 0.15) is 11.5 Å². The van der Waals surface area contributed by atoms with Crippen molar-refractivity contribution in [2.75, 3.05) is 0 Å². The van der Waals surface area contributed by atoms with Gasteiger partial charge in [0, 0.05) is 11.6 Å². The molecule has 27 heavy (non-hydrogen) atoms. The zero-order valence-electron chi connectivity index (χ0n) is 14.8. The second-order valence-corrected chi connectivity index (χ2v) is 7.48. The minimum Gasteiger partial charge on any atom is -0.457 e. The summed E-state index contributed by atoms with van der Waals surface area (Å²) in [6, 6.07) is 15.6. The van der Waals surface area contributed by atoms with Gasteiger partial charge in [-0.2, -0.15) is 0 Å². The first-order chi connectivity index (χ1) is 13.1. The lowest BCUT2D eigenvalue weighted by atomic mass is 10.00. The van der Waals surface area contributed by atoms with Crippen LogP contribution in [-0.4, -0.2) is 21.4 Å². The molecule has 1 aliphatic heterocycles. The smallest absolute Gasteiger partial charge is 0.286 e. The van der Waals surface area contributed by atoms with E-state index in [0.29, 0.717) is 6.42 Å². The molecule has 2 amide bonds. The molecule has 5 nitrogen and oxygen atoms in total. The van der Waals surface area contributed by atoms with Crippen LogP contribution in [0.25, 0.3) is 10.9 Å². The number of pyridine rings is 1. The van der Waals surface area contributed by atoms with Crippen LogP contribution in [-0.2, 0) is 17.6 Å². The number of imide groups is 1. The number of para-hydroxylation sites is 1. The molecule has 1 atom stereocenters. The van der Waals surface area contributed by atoms with E-state index in [0.717, 1.165) is 51.7 Å². The summed E-state index contributed by atoms with van der Waals surface area (Å²) in [7, 11) is 0. The van der Waals surface area contributed by atoms with Gasteiger partial charge in [-0.3, -0.25) is 19.9 Å². The number of thioether (sulfide) groups is 1. The third-order valence-corrected chi connectivity index (χ3v) is 5.55. The van der Waals surface area contributed by atoms with E-state index in [1.54, 1.807) is 6.20 Å². The summed E-state index contributed by atoms with van der Waals surface area (Å²) >= 11 is 1.06. The van der Waals surface area contributed by atoms with Crippen molar-refractivity contribution >= 4 is 33.8 Å². The molecule has 1 N–H and O–H groups in total. The monoisotopic (exact) mass is 378 g/mol. The van der Waals surface area contributed by atoms with E-state index in [4.69, 9.17) is 4.74 Å². The molecule has 6 heteroatoms. The van der Waals surface area contributed by atoms with Gasteiger partial charge in [-0.25, -0.2) is 0 Å². The molecule has 0 aliphatic carbocycles. The fourth-order valence-corrected chi connectivity index (χ4v) is 4.05. The maximum absolute atomic E-state index is 11.8. The predicted octanol–water partition coefficient (Wildman–Crippen LogP) is 4.48. The number of rotatable bonds is 5. The van der Waals surface area contributed by atoms with E-state index in [-0.39, 0.29) is 16.4 Å². The molecular formula is C21H18N2O3S. The highest BCUT2D eigenvalue weighted by molar-refractivity contribution is 8.15. The van der Waals surface area contributed by atoms with Crippen LogP contribution >= 0.6 is 11.8 Å². The molecular weight excluding hydrogens is 360 g/mol. The number of aromatic nitrogens is 1. The Balaban J connectivity index is 1.59. The molecule has 2 heterocycles. The van der Waals surface area contributed by atoms with Crippen LogP contribution in [0, 0.1) is 0 Å². The SMILES string of the molecule is CCc1cc(Oc2ccnc3ccccc23)ccc1CC1SC(=O)NC1=O. The normalized spacial score (nSPS) is 16.6. The number of fused-ring (bicyclic) bond motifs is 1. The van der Waals surface area contributed by atoms with Gasteiger partial charge < -0.3 is 4.74 Å². The zero-order valence-corrected chi connectivity index (χ0v) is 15.6. The van der Waals surface area contributed by atoms with E-state index >= 15 is 0 Å². The quantitative estimate of drug-likeness (QED) is 0.709. The lowest BCUT2D eigenvalue weighted by Crippen LogP contribution is -2.25. The summed E-state index contributed by atoms with van der Waals surface area (Å²) in [5, 5.41) is 2.67. The van der Waals surface area contributed by atoms with E-state index in [1.807, 2.05) is 48.5 Å². The molecule has 1 saturated heterocycles. The zero-order chi connectivity index (χ0) is 18.8. The summed E-state index contributed by atoms with van der Waals surface area (Å²) in [6.45, 7) is 2.07. The first kappa shape index (κ1) is 17.5. The van der Waals surface area contributed by atoms with Gasteiger partial charge >= 0.3 is 0 Å². The number of carbonyl (C=O) groups excluding carboxylic acids is 2. The molecule has 4 rings (SSSR count). The number of nitrogens with one attached hydrogen (secondary N) is 1. The van der Waals surface area contributed by atoms with Crippen LogP contribution in [0.2, 0.25) is 0 Å². The van der Waals surface area contributed by atoms with E-state index in [1.165, 1.54) is 0 Å². The third kappa shape index (κ3) is 3.66. The van der Waals surface area contributed by atoms with Crippen LogP contribution in [0.3, 0.4) is 0 Å². The van der Waals surface area contributed by atoms with Crippen LogP contribution in [0.5, 0.6) is 11.5 Å². The molecule has 3 aromatic rings. The summed E-state index contributed by atoms with van der Waals surface area (Å²) < 4.78 is 6.12. The number of ether oxygens (including phenoxy) is 1. The Kier molecular flexibility index (Phi) is 4.81.